The molecule has 0 bridgehead atoms. The minimum Gasteiger partial charge on any atom is -0.384 e. The molecule has 4 rings (SSSR count). The molecule has 0 spiro atoms. The Hall–Kier alpha value is -0.500. The quantitative estimate of drug-likeness (QED) is 0.234. The average molecular weight is 495 g/mol. The molecule has 4 aliphatic carbocycles. The fourth-order valence-electron chi connectivity index (χ4n) is 9.48. The molecule has 0 aliphatic heterocycles. The van der Waals surface area contributed by atoms with Crippen molar-refractivity contribution in [1.82, 2.24) is 0 Å². The third kappa shape index (κ3) is 4.15. The van der Waals surface area contributed by atoms with E-state index in [0.29, 0.717) is 23.7 Å². The largest absolute Gasteiger partial charge is 0.384 e. The zero-order valence-corrected chi connectivity index (χ0v) is 22.5. The SMILES string of the molecule is CC(C)[C@@](O)(CC[C@@H](C)[C@H]1CC[C@H]2[C@@H]3CC=C4CCCC[C@]4(C)[C@H]3CC[C@]12C)C(O)(O)C(O)(O)O. The van der Waals surface area contributed by atoms with Gasteiger partial charge in [0.05, 0.1) is 0 Å². The minimum atomic E-state index is -3.82. The molecular formula is C29H50O6. The second-order valence-electron chi connectivity index (χ2n) is 13.6. The van der Waals surface area contributed by atoms with Gasteiger partial charge in [0.2, 0.25) is 0 Å². The number of rotatable bonds is 7. The maximum Gasteiger partial charge on any atom is 0.335 e. The second-order valence-corrected chi connectivity index (χ2v) is 13.6. The Kier molecular flexibility index (Phi) is 7.13. The third-order valence-corrected chi connectivity index (χ3v) is 11.8. The Balaban J connectivity index is 1.50. The highest BCUT2D eigenvalue weighted by Gasteiger charge is 2.63. The molecule has 0 amide bonds. The van der Waals surface area contributed by atoms with E-state index in [0.717, 1.165) is 18.3 Å². The summed E-state index contributed by atoms with van der Waals surface area (Å²) >= 11 is 0. The van der Waals surface area contributed by atoms with E-state index in [9.17, 15) is 30.6 Å². The van der Waals surface area contributed by atoms with Gasteiger partial charge < -0.3 is 30.6 Å². The molecule has 3 saturated carbocycles. The van der Waals surface area contributed by atoms with Crippen LogP contribution in [0, 0.1) is 46.3 Å². The highest BCUT2D eigenvalue weighted by Crippen LogP contribution is 2.67. The number of hydrogen-bond acceptors (Lipinski definition) is 6. The lowest BCUT2D eigenvalue weighted by Crippen LogP contribution is -2.70. The molecule has 0 aromatic rings. The van der Waals surface area contributed by atoms with Gasteiger partial charge in [-0.15, -0.1) is 0 Å². The van der Waals surface area contributed by atoms with Crippen molar-refractivity contribution in [1.29, 1.82) is 0 Å². The molecule has 4 aliphatic rings. The topological polar surface area (TPSA) is 121 Å². The third-order valence-electron chi connectivity index (χ3n) is 11.8. The molecule has 3 fully saturated rings. The van der Waals surface area contributed by atoms with E-state index in [-0.39, 0.29) is 17.8 Å². The molecule has 6 heteroatoms. The van der Waals surface area contributed by atoms with Crippen LogP contribution in [0.3, 0.4) is 0 Å². The van der Waals surface area contributed by atoms with Crippen molar-refractivity contribution in [3.8, 4) is 0 Å². The van der Waals surface area contributed by atoms with E-state index in [1.165, 1.54) is 51.4 Å². The Morgan fingerprint density at radius 3 is 2.23 bits per heavy atom. The summed E-state index contributed by atoms with van der Waals surface area (Å²) in [7, 11) is 0. The van der Waals surface area contributed by atoms with Crippen LogP contribution in [-0.2, 0) is 0 Å². The predicted octanol–water partition coefficient (Wildman–Crippen LogP) is 4.07. The fraction of sp³-hybridized carbons (Fsp3) is 0.931. The lowest BCUT2D eigenvalue weighted by atomic mass is 9.47. The molecule has 0 saturated heterocycles. The van der Waals surface area contributed by atoms with Crippen LogP contribution < -0.4 is 0 Å². The van der Waals surface area contributed by atoms with Gasteiger partial charge in [-0.25, -0.2) is 0 Å². The Labute approximate surface area is 211 Å². The Morgan fingerprint density at radius 1 is 0.914 bits per heavy atom. The first kappa shape index (κ1) is 27.5. The maximum absolute atomic E-state index is 11.1. The monoisotopic (exact) mass is 494 g/mol. The van der Waals surface area contributed by atoms with Crippen molar-refractivity contribution in [3.05, 3.63) is 11.6 Å². The van der Waals surface area contributed by atoms with Crippen LogP contribution in [0.5, 0.6) is 0 Å². The first-order chi connectivity index (χ1) is 16.1. The number of aliphatic hydroxyl groups is 6. The molecule has 0 heterocycles. The summed E-state index contributed by atoms with van der Waals surface area (Å²) in [5.41, 5.74) is 0.0817. The van der Waals surface area contributed by atoms with Crippen molar-refractivity contribution < 1.29 is 30.6 Å². The van der Waals surface area contributed by atoms with Crippen molar-refractivity contribution in [2.24, 2.45) is 46.3 Å². The number of fused-ring (bicyclic) bond motifs is 5. The molecular weight excluding hydrogens is 444 g/mol. The molecule has 0 unspecified atom stereocenters. The van der Waals surface area contributed by atoms with Crippen LogP contribution in [0.25, 0.3) is 0 Å². The van der Waals surface area contributed by atoms with Crippen molar-refractivity contribution in [2.45, 2.75) is 123 Å². The summed E-state index contributed by atoms with van der Waals surface area (Å²) in [6, 6.07) is 0. The standard InChI is InChI=1S/C29H50O6/c1-18(2)27(30,28(31,32)29(33,34)35)17-13-19(3)22-11-12-23-21-10-9-20-8-6-7-15-25(20,4)24(21)14-16-26(22,23)5/h9,18-19,21-24,30-35H,6-8,10-17H2,1-5H3/t19-,21+,22-,23+,24+,25+,26-,27+/m1/s1. The maximum atomic E-state index is 11.1. The summed E-state index contributed by atoms with van der Waals surface area (Å²) in [5.74, 6) is -5.06. The van der Waals surface area contributed by atoms with Gasteiger partial charge in [-0.3, -0.25) is 0 Å². The lowest BCUT2D eigenvalue weighted by Gasteiger charge is -2.58. The molecule has 0 aromatic heterocycles. The zero-order valence-electron chi connectivity index (χ0n) is 22.5. The summed E-state index contributed by atoms with van der Waals surface area (Å²) in [6.45, 7) is 10.4. The molecule has 202 valence electrons. The predicted molar refractivity (Wildman–Crippen MR) is 135 cm³/mol. The zero-order chi connectivity index (χ0) is 26.0. The number of hydrogen-bond donors (Lipinski definition) is 6. The van der Waals surface area contributed by atoms with E-state index >= 15 is 0 Å². The Bertz CT molecular complexity index is 814. The first-order valence-electron chi connectivity index (χ1n) is 14.1. The van der Waals surface area contributed by atoms with Gasteiger partial charge in [0.15, 0.2) is 0 Å². The van der Waals surface area contributed by atoms with Crippen LogP contribution >= 0.6 is 0 Å². The van der Waals surface area contributed by atoms with Gasteiger partial charge in [0.25, 0.3) is 5.79 Å². The summed E-state index contributed by atoms with van der Waals surface area (Å²) in [4.78, 5) is 0. The van der Waals surface area contributed by atoms with Gasteiger partial charge >= 0.3 is 5.97 Å². The fourth-order valence-corrected chi connectivity index (χ4v) is 9.48. The molecule has 0 radical (unpaired) electrons. The van der Waals surface area contributed by atoms with Gasteiger partial charge in [-0.05, 0) is 111 Å². The molecule has 8 atom stereocenters. The van der Waals surface area contributed by atoms with Crippen LogP contribution in [0.4, 0.5) is 0 Å². The summed E-state index contributed by atoms with van der Waals surface area (Å²) < 4.78 is 0. The van der Waals surface area contributed by atoms with Crippen molar-refractivity contribution >= 4 is 0 Å². The van der Waals surface area contributed by atoms with Gasteiger partial charge in [0, 0.05) is 0 Å². The highest BCUT2D eigenvalue weighted by molar-refractivity contribution is 5.24. The van der Waals surface area contributed by atoms with Gasteiger partial charge in [0.1, 0.15) is 5.60 Å². The highest BCUT2D eigenvalue weighted by atomic mass is 16.7. The minimum absolute atomic E-state index is 0.0459. The Morgan fingerprint density at radius 2 is 1.60 bits per heavy atom. The van der Waals surface area contributed by atoms with Crippen molar-refractivity contribution in [3.63, 3.8) is 0 Å². The van der Waals surface area contributed by atoms with Crippen LogP contribution in [-0.4, -0.2) is 48.0 Å². The van der Waals surface area contributed by atoms with Gasteiger partial charge in [-0.2, -0.15) is 0 Å². The van der Waals surface area contributed by atoms with E-state index in [4.69, 9.17) is 0 Å². The van der Waals surface area contributed by atoms with E-state index in [1.807, 2.05) is 0 Å². The number of allylic oxidation sites excluding steroid dienone is 2. The normalized spacial score (nSPS) is 40.4. The van der Waals surface area contributed by atoms with Crippen LogP contribution in [0.1, 0.15) is 105 Å². The van der Waals surface area contributed by atoms with E-state index in [1.54, 1.807) is 19.4 Å². The van der Waals surface area contributed by atoms with Crippen LogP contribution in [0.15, 0.2) is 11.6 Å². The molecule has 6 nitrogen and oxygen atoms in total. The smallest absolute Gasteiger partial charge is 0.335 e. The first-order valence-corrected chi connectivity index (χ1v) is 14.1. The average Bonchev–Trinajstić information content (AvgIpc) is 3.13. The van der Waals surface area contributed by atoms with E-state index < -0.39 is 23.3 Å². The summed E-state index contributed by atoms with van der Waals surface area (Å²) in [6.07, 6.45) is 14.5. The second kappa shape index (κ2) is 9.06. The van der Waals surface area contributed by atoms with Crippen LogP contribution in [0.2, 0.25) is 0 Å². The molecule has 35 heavy (non-hydrogen) atoms. The lowest BCUT2D eigenvalue weighted by molar-refractivity contribution is -0.486. The molecule has 0 aromatic carbocycles. The molecule has 6 N–H and O–H groups in total. The van der Waals surface area contributed by atoms with Gasteiger partial charge in [-0.1, -0.05) is 52.7 Å². The van der Waals surface area contributed by atoms with Crippen molar-refractivity contribution in [2.75, 3.05) is 0 Å². The van der Waals surface area contributed by atoms with E-state index in [2.05, 4.69) is 26.8 Å². The summed E-state index contributed by atoms with van der Waals surface area (Å²) in [5, 5.41) is 60.5.